The molecule has 0 aliphatic rings. The Balaban J connectivity index is 2.60. The molecule has 0 spiro atoms. The van der Waals surface area contributed by atoms with Gasteiger partial charge < -0.3 is 4.74 Å². The van der Waals surface area contributed by atoms with Crippen LogP contribution in [0, 0.1) is 0 Å². The maximum absolute atomic E-state index is 6.06. The van der Waals surface area contributed by atoms with Crippen molar-refractivity contribution in [2.75, 3.05) is 7.11 Å². The van der Waals surface area contributed by atoms with Crippen LogP contribution in [0.3, 0.4) is 0 Å². The highest BCUT2D eigenvalue weighted by Crippen LogP contribution is 2.18. The largest absolute Gasteiger partial charge is 0.378 e. The molecule has 13 heavy (non-hydrogen) atoms. The maximum Gasteiger partial charge on any atom is 0.138 e. The number of hydrogen-bond donors (Lipinski definition) is 0. The van der Waals surface area contributed by atoms with E-state index in [2.05, 4.69) is 4.98 Å². The van der Waals surface area contributed by atoms with Crippen LogP contribution < -0.4 is 0 Å². The molecule has 0 unspecified atom stereocenters. The van der Waals surface area contributed by atoms with Gasteiger partial charge in [-0.15, -0.1) is 0 Å². The third-order valence-corrected chi connectivity index (χ3v) is 2.22. The molecule has 0 atom stereocenters. The van der Waals surface area contributed by atoms with Gasteiger partial charge in [-0.25, -0.2) is 4.98 Å². The van der Waals surface area contributed by atoms with E-state index in [1.165, 1.54) is 0 Å². The fourth-order valence-electron chi connectivity index (χ4n) is 1.24. The molecule has 0 aliphatic heterocycles. The zero-order chi connectivity index (χ0) is 9.26. The monoisotopic (exact) mass is 196 g/mol. The normalized spacial score (nSPS) is 10.9. The van der Waals surface area contributed by atoms with Crippen LogP contribution in [0.25, 0.3) is 5.65 Å². The highest BCUT2D eigenvalue weighted by molar-refractivity contribution is 6.30. The van der Waals surface area contributed by atoms with E-state index in [0.717, 1.165) is 11.3 Å². The first kappa shape index (κ1) is 8.53. The number of rotatable bonds is 2. The van der Waals surface area contributed by atoms with Crippen LogP contribution >= 0.6 is 11.6 Å². The second-order valence-electron chi connectivity index (χ2n) is 2.71. The van der Waals surface area contributed by atoms with Gasteiger partial charge in [-0.1, -0.05) is 17.7 Å². The Kier molecular flexibility index (Phi) is 2.20. The highest BCUT2D eigenvalue weighted by atomic mass is 35.5. The van der Waals surface area contributed by atoms with Gasteiger partial charge in [-0.3, -0.25) is 4.40 Å². The number of fused-ring (bicyclic) bond motifs is 1. The van der Waals surface area contributed by atoms with Gasteiger partial charge in [-0.2, -0.15) is 0 Å². The lowest BCUT2D eigenvalue weighted by Crippen LogP contribution is -1.88. The number of imidazole rings is 1. The third kappa shape index (κ3) is 1.41. The number of nitrogens with zero attached hydrogens (tertiary/aromatic N) is 2. The molecule has 2 aromatic heterocycles. The van der Waals surface area contributed by atoms with E-state index in [-0.39, 0.29) is 0 Å². The van der Waals surface area contributed by atoms with Crippen molar-refractivity contribution in [3.8, 4) is 0 Å². The van der Waals surface area contributed by atoms with Gasteiger partial charge in [0.2, 0.25) is 0 Å². The minimum atomic E-state index is 0.445. The zero-order valence-corrected chi connectivity index (χ0v) is 7.95. The lowest BCUT2D eigenvalue weighted by Gasteiger charge is -1.94. The molecule has 0 aromatic carbocycles. The highest BCUT2D eigenvalue weighted by Gasteiger charge is 2.07. The van der Waals surface area contributed by atoms with Crippen molar-refractivity contribution in [3.63, 3.8) is 0 Å². The van der Waals surface area contributed by atoms with Gasteiger partial charge >= 0.3 is 0 Å². The van der Waals surface area contributed by atoms with E-state index in [0.29, 0.717) is 11.8 Å². The van der Waals surface area contributed by atoms with Crippen molar-refractivity contribution in [3.05, 3.63) is 35.2 Å². The zero-order valence-electron chi connectivity index (χ0n) is 7.20. The molecule has 0 saturated carbocycles. The summed E-state index contributed by atoms with van der Waals surface area (Å²) >= 11 is 6.06. The van der Waals surface area contributed by atoms with Gasteiger partial charge in [0.1, 0.15) is 16.5 Å². The molecule has 2 heterocycles. The summed E-state index contributed by atoms with van der Waals surface area (Å²) in [4.78, 5) is 4.31. The third-order valence-electron chi connectivity index (χ3n) is 1.82. The summed E-state index contributed by atoms with van der Waals surface area (Å²) in [6.45, 7) is 0.445. The molecule has 0 fully saturated rings. The van der Waals surface area contributed by atoms with Gasteiger partial charge in [0, 0.05) is 13.3 Å². The lowest BCUT2D eigenvalue weighted by atomic mass is 10.5. The summed E-state index contributed by atoms with van der Waals surface area (Å²) in [5.41, 5.74) is 1.62. The molecular formula is C9H9ClN2O. The SMILES string of the molecule is COCc1nc2ccccn2c1Cl. The molecule has 0 saturated heterocycles. The van der Waals surface area contributed by atoms with Crippen LogP contribution in [-0.4, -0.2) is 16.5 Å². The van der Waals surface area contributed by atoms with Crippen LogP contribution in [0.4, 0.5) is 0 Å². The number of halogens is 1. The standard InChI is InChI=1S/C9H9ClN2O/c1-13-6-7-9(10)12-5-3-2-4-8(12)11-7/h2-5H,6H2,1H3. The Morgan fingerprint density at radius 2 is 2.38 bits per heavy atom. The van der Waals surface area contributed by atoms with Crippen LogP contribution in [0.15, 0.2) is 24.4 Å². The summed E-state index contributed by atoms with van der Waals surface area (Å²) in [6, 6.07) is 5.75. The minimum Gasteiger partial charge on any atom is -0.378 e. The fourth-order valence-corrected chi connectivity index (χ4v) is 1.48. The van der Waals surface area contributed by atoms with Gasteiger partial charge in [0.15, 0.2) is 0 Å². The quantitative estimate of drug-likeness (QED) is 0.736. The summed E-state index contributed by atoms with van der Waals surface area (Å²) in [5.74, 6) is 0. The Bertz CT molecular complexity index is 424. The van der Waals surface area contributed by atoms with E-state index in [4.69, 9.17) is 16.3 Å². The van der Waals surface area contributed by atoms with Crippen molar-refractivity contribution < 1.29 is 4.74 Å². The van der Waals surface area contributed by atoms with Crippen LogP contribution in [-0.2, 0) is 11.3 Å². The molecule has 68 valence electrons. The summed E-state index contributed by atoms with van der Waals surface area (Å²) in [7, 11) is 1.63. The molecule has 2 aromatic rings. The van der Waals surface area contributed by atoms with E-state index < -0.39 is 0 Å². The first-order chi connectivity index (χ1) is 6.33. The molecule has 0 radical (unpaired) electrons. The Labute approximate surface area is 80.9 Å². The van der Waals surface area contributed by atoms with Gasteiger partial charge in [0.05, 0.1) is 6.61 Å². The summed E-state index contributed by atoms with van der Waals surface area (Å²) < 4.78 is 6.81. The van der Waals surface area contributed by atoms with E-state index in [1.54, 1.807) is 7.11 Å². The van der Waals surface area contributed by atoms with E-state index >= 15 is 0 Å². The van der Waals surface area contributed by atoms with Crippen molar-refractivity contribution in [2.24, 2.45) is 0 Å². The summed E-state index contributed by atoms with van der Waals surface area (Å²) in [5, 5.41) is 0.623. The number of hydrogen-bond acceptors (Lipinski definition) is 2. The van der Waals surface area contributed by atoms with Crippen molar-refractivity contribution >= 4 is 17.2 Å². The molecular weight excluding hydrogens is 188 g/mol. The summed E-state index contributed by atoms with van der Waals surface area (Å²) in [6.07, 6.45) is 1.88. The fraction of sp³-hybridized carbons (Fsp3) is 0.222. The number of methoxy groups -OCH3 is 1. The lowest BCUT2D eigenvalue weighted by molar-refractivity contribution is 0.182. The topological polar surface area (TPSA) is 26.5 Å². The molecule has 0 amide bonds. The smallest absolute Gasteiger partial charge is 0.138 e. The maximum atomic E-state index is 6.06. The number of pyridine rings is 1. The van der Waals surface area contributed by atoms with Crippen molar-refractivity contribution in [2.45, 2.75) is 6.61 Å². The Morgan fingerprint density at radius 1 is 1.54 bits per heavy atom. The minimum absolute atomic E-state index is 0.445. The van der Waals surface area contributed by atoms with Crippen molar-refractivity contribution in [1.82, 2.24) is 9.38 Å². The second kappa shape index (κ2) is 3.36. The van der Waals surface area contributed by atoms with E-state index in [9.17, 15) is 0 Å². The number of aromatic nitrogens is 2. The average molecular weight is 197 g/mol. The van der Waals surface area contributed by atoms with E-state index in [1.807, 2.05) is 28.8 Å². The molecule has 0 bridgehead atoms. The molecule has 3 nitrogen and oxygen atoms in total. The van der Waals surface area contributed by atoms with Crippen LogP contribution in [0.2, 0.25) is 5.15 Å². The first-order valence-corrected chi connectivity index (χ1v) is 4.31. The van der Waals surface area contributed by atoms with Crippen molar-refractivity contribution in [1.29, 1.82) is 0 Å². The van der Waals surface area contributed by atoms with Gasteiger partial charge in [0.25, 0.3) is 0 Å². The molecule has 2 rings (SSSR count). The number of ether oxygens (including phenoxy) is 1. The molecule has 0 aliphatic carbocycles. The second-order valence-corrected chi connectivity index (χ2v) is 3.07. The predicted molar refractivity (Wildman–Crippen MR) is 50.9 cm³/mol. The average Bonchev–Trinajstić information content (AvgIpc) is 2.46. The molecule has 0 N–H and O–H groups in total. The molecule has 4 heteroatoms. The van der Waals surface area contributed by atoms with Crippen LogP contribution in [0.1, 0.15) is 5.69 Å². The Hall–Kier alpha value is -1.06. The Morgan fingerprint density at radius 3 is 3.08 bits per heavy atom. The predicted octanol–water partition coefficient (Wildman–Crippen LogP) is 2.13. The van der Waals surface area contributed by atoms with Gasteiger partial charge in [-0.05, 0) is 12.1 Å². The van der Waals surface area contributed by atoms with Crippen LogP contribution in [0.5, 0.6) is 0 Å². The first-order valence-electron chi connectivity index (χ1n) is 3.93.